The number of piperidine rings is 1. The second-order valence-corrected chi connectivity index (χ2v) is 9.48. The van der Waals surface area contributed by atoms with Crippen molar-refractivity contribution < 1.29 is 17.6 Å². The number of sulfonamides is 1. The Balaban J connectivity index is 1.27. The highest BCUT2D eigenvalue weighted by atomic mass is 35.5. The zero-order valence-electron chi connectivity index (χ0n) is 16.3. The van der Waals surface area contributed by atoms with Gasteiger partial charge in [0.1, 0.15) is 5.52 Å². The summed E-state index contributed by atoms with van der Waals surface area (Å²) < 4.78 is 32.9. The predicted molar refractivity (Wildman–Crippen MR) is 114 cm³/mol. The van der Waals surface area contributed by atoms with E-state index in [0.717, 1.165) is 29.8 Å². The molecule has 1 N–H and O–H groups in total. The summed E-state index contributed by atoms with van der Waals surface area (Å²) in [6, 6.07) is 13.7. The maximum atomic E-state index is 12.5. The van der Waals surface area contributed by atoms with Gasteiger partial charge in [0.25, 0.3) is 0 Å². The number of nitrogens with zero attached hydrogens (tertiary/aromatic N) is 2. The molecule has 0 spiro atoms. The third-order valence-electron chi connectivity index (χ3n) is 5.24. The molecular formula is C21H22ClN3O4S. The van der Waals surface area contributed by atoms with Gasteiger partial charge < -0.3 is 9.32 Å². The number of carbonyl (C=O) groups is 1. The molecule has 1 saturated heterocycles. The number of amides is 1. The Hall–Kier alpha value is -2.42. The van der Waals surface area contributed by atoms with E-state index in [2.05, 4.69) is 9.71 Å². The molecule has 0 bridgehead atoms. The lowest BCUT2D eigenvalue weighted by molar-refractivity contribution is -0.132. The molecule has 3 aromatic rings. The van der Waals surface area contributed by atoms with E-state index in [4.69, 9.17) is 16.0 Å². The van der Waals surface area contributed by atoms with Crippen molar-refractivity contribution in [3.05, 3.63) is 59.4 Å². The Kier molecular flexibility index (Phi) is 6.08. The van der Waals surface area contributed by atoms with Crippen molar-refractivity contribution >= 4 is 38.6 Å². The van der Waals surface area contributed by atoms with Crippen molar-refractivity contribution in [1.29, 1.82) is 0 Å². The number of fused-ring (bicyclic) bond motifs is 1. The number of oxazole rings is 1. The molecule has 1 aliphatic rings. The summed E-state index contributed by atoms with van der Waals surface area (Å²) >= 11 is 5.85. The fourth-order valence-corrected chi connectivity index (χ4v) is 4.94. The van der Waals surface area contributed by atoms with Gasteiger partial charge in [0.2, 0.25) is 15.9 Å². The number of nitrogens with one attached hydrogen (secondary N) is 1. The van der Waals surface area contributed by atoms with E-state index in [1.165, 1.54) is 12.1 Å². The maximum Gasteiger partial charge on any atom is 0.240 e. The van der Waals surface area contributed by atoms with Crippen LogP contribution in [0.15, 0.2) is 57.8 Å². The highest BCUT2D eigenvalue weighted by molar-refractivity contribution is 7.89. The van der Waals surface area contributed by atoms with Crippen molar-refractivity contribution in [2.24, 2.45) is 0 Å². The Labute approximate surface area is 180 Å². The SMILES string of the molecule is O=C(CCNS(=O)(=O)c1cccc(Cl)c1)N1CCC(c2nc3ccccc3o2)CC1. The molecule has 1 amide bonds. The molecule has 30 heavy (non-hydrogen) atoms. The van der Waals surface area contributed by atoms with Gasteiger partial charge in [0.05, 0.1) is 4.90 Å². The third-order valence-corrected chi connectivity index (χ3v) is 6.94. The molecule has 0 unspecified atom stereocenters. The smallest absolute Gasteiger partial charge is 0.240 e. The monoisotopic (exact) mass is 447 g/mol. The molecular weight excluding hydrogens is 426 g/mol. The van der Waals surface area contributed by atoms with Crippen LogP contribution >= 0.6 is 11.6 Å². The molecule has 0 radical (unpaired) electrons. The Morgan fingerprint density at radius 2 is 1.93 bits per heavy atom. The van der Waals surface area contributed by atoms with Gasteiger partial charge >= 0.3 is 0 Å². The van der Waals surface area contributed by atoms with Crippen LogP contribution in [0.5, 0.6) is 0 Å². The number of halogens is 1. The van der Waals surface area contributed by atoms with Crippen molar-refractivity contribution in [2.45, 2.75) is 30.1 Å². The Morgan fingerprint density at radius 3 is 2.67 bits per heavy atom. The highest BCUT2D eigenvalue weighted by Crippen LogP contribution is 2.30. The summed E-state index contributed by atoms with van der Waals surface area (Å²) in [6.07, 6.45) is 1.65. The molecule has 0 atom stereocenters. The lowest BCUT2D eigenvalue weighted by Crippen LogP contribution is -2.39. The van der Waals surface area contributed by atoms with E-state index in [-0.39, 0.29) is 29.7 Å². The fraction of sp³-hybridized carbons (Fsp3) is 0.333. The molecule has 158 valence electrons. The van der Waals surface area contributed by atoms with E-state index in [1.54, 1.807) is 17.0 Å². The van der Waals surface area contributed by atoms with Gasteiger partial charge in [-0.25, -0.2) is 18.1 Å². The third kappa shape index (κ3) is 4.66. The number of aromatic nitrogens is 1. The average Bonchev–Trinajstić information content (AvgIpc) is 3.18. The van der Waals surface area contributed by atoms with Gasteiger partial charge in [-0.2, -0.15) is 0 Å². The largest absolute Gasteiger partial charge is 0.440 e. The van der Waals surface area contributed by atoms with Gasteiger partial charge in [-0.3, -0.25) is 4.79 Å². The van der Waals surface area contributed by atoms with Crippen molar-refractivity contribution in [2.75, 3.05) is 19.6 Å². The molecule has 9 heteroatoms. The summed E-state index contributed by atoms with van der Waals surface area (Å²) in [7, 11) is -3.69. The second kappa shape index (κ2) is 8.75. The van der Waals surface area contributed by atoms with Crippen LogP contribution in [0.4, 0.5) is 0 Å². The predicted octanol–water partition coefficient (Wildman–Crippen LogP) is 3.56. The lowest BCUT2D eigenvalue weighted by atomic mass is 9.96. The lowest BCUT2D eigenvalue weighted by Gasteiger charge is -2.30. The van der Waals surface area contributed by atoms with Crippen molar-refractivity contribution in [3.63, 3.8) is 0 Å². The number of hydrogen-bond donors (Lipinski definition) is 1. The van der Waals surface area contributed by atoms with Gasteiger partial charge in [0, 0.05) is 37.0 Å². The first-order valence-electron chi connectivity index (χ1n) is 9.81. The molecule has 1 aromatic heterocycles. The summed E-state index contributed by atoms with van der Waals surface area (Å²) in [5.41, 5.74) is 1.62. The van der Waals surface area contributed by atoms with Gasteiger partial charge in [-0.1, -0.05) is 29.8 Å². The summed E-state index contributed by atoms with van der Waals surface area (Å²) in [5.74, 6) is 0.833. The molecule has 2 heterocycles. The minimum absolute atomic E-state index is 0.0404. The van der Waals surface area contributed by atoms with Gasteiger partial charge in [-0.15, -0.1) is 0 Å². The van der Waals surface area contributed by atoms with Crippen LogP contribution in [0.2, 0.25) is 5.02 Å². The van der Waals surface area contributed by atoms with Crippen molar-refractivity contribution in [1.82, 2.24) is 14.6 Å². The first kappa shape index (κ1) is 20.8. The minimum atomic E-state index is -3.69. The van der Waals surface area contributed by atoms with E-state index < -0.39 is 10.0 Å². The number of carbonyl (C=O) groups excluding carboxylic acids is 1. The normalized spacial score (nSPS) is 15.6. The van der Waals surface area contributed by atoms with Crippen LogP contribution < -0.4 is 4.72 Å². The summed E-state index contributed by atoms with van der Waals surface area (Å²) in [4.78, 5) is 18.9. The van der Waals surface area contributed by atoms with Crippen molar-refractivity contribution in [3.8, 4) is 0 Å². The van der Waals surface area contributed by atoms with Crippen LogP contribution in [0.3, 0.4) is 0 Å². The molecule has 4 rings (SSSR count). The van der Waals surface area contributed by atoms with Crippen LogP contribution in [0.1, 0.15) is 31.1 Å². The van der Waals surface area contributed by atoms with E-state index in [9.17, 15) is 13.2 Å². The average molecular weight is 448 g/mol. The highest BCUT2D eigenvalue weighted by Gasteiger charge is 2.27. The zero-order valence-corrected chi connectivity index (χ0v) is 17.8. The van der Waals surface area contributed by atoms with Crippen LogP contribution in [0, 0.1) is 0 Å². The molecule has 0 aliphatic carbocycles. The standard InChI is InChI=1S/C21H22ClN3O4S/c22-16-4-3-5-17(14-16)30(27,28)23-11-8-20(26)25-12-9-15(10-13-25)21-24-18-6-1-2-7-19(18)29-21/h1-7,14-15,23H,8-13H2. The fourth-order valence-electron chi connectivity index (χ4n) is 3.61. The maximum absolute atomic E-state index is 12.5. The zero-order chi connectivity index (χ0) is 21.1. The summed E-state index contributed by atoms with van der Waals surface area (Å²) in [5, 5.41) is 0.343. The van der Waals surface area contributed by atoms with E-state index in [1.807, 2.05) is 24.3 Å². The van der Waals surface area contributed by atoms with Gasteiger partial charge in [0.15, 0.2) is 11.5 Å². The van der Waals surface area contributed by atoms with Gasteiger partial charge in [-0.05, 0) is 43.2 Å². The molecule has 1 fully saturated rings. The quantitative estimate of drug-likeness (QED) is 0.623. The van der Waals surface area contributed by atoms with Crippen LogP contribution in [-0.4, -0.2) is 43.8 Å². The van der Waals surface area contributed by atoms with Crippen LogP contribution in [0.25, 0.3) is 11.1 Å². The molecule has 7 nitrogen and oxygen atoms in total. The molecule has 1 aliphatic heterocycles. The summed E-state index contributed by atoms with van der Waals surface area (Å²) in [6.45, 7) is 1.24. The number of likely N-dealkylation sites (tertiary alicyclic amines) is 1. The molecule has 0 saturated carbocycles. The second-order valence-electron chi connectivity index (χ2n) is 7.28. The van der Waals surface area contributed by atoms with E-state index >= 15 is 0 Å². The van der Waals surface area contributed by atoms with Crippen LogP contribution in [-0.2, 0) is 14.8 Å². The number of rotatable bonds is 6. The minimum Gasteiger partial charge on any atom is -0.440 e. The number of benzene rings is 2. The topological polar surface area (TPSA) is 92.5 Å². The first-order chi connectivity index (χ1) is 14.4. The Bertz CT molecular complexity index is 1120. The molecule has 2 aromatic carbocycles. The Morgan fingerprint density at radius 1 is 1.17 bits per heavy atom. The number of hydrogen-bond acceptors (Lipinski definition) is 5. The van der Waals surface area contributed by atoms with E-state index in [0.29, 0.717) is 18.1 Å². The number of para-hydroxylation sites is 2. The first-order valence-corrected chi connectivity index (χ1v) is 11.7.